The van der Waals surface area contributed by atoms with E-state index in [1.807, 2.05) is 59.2 Å². The number of anilines is 1. The van der Waals surface area contributed by atoms with Crippen LogP contribution in [0.1, 0.15) is 11.3 Å². The zero-order valence-electron chi connectivity index (χ0n) is 14.3. The van der Waals surface area contributed by atoms with Gasteiger partial charge >= 0.3 is 0 Å². The van der Waals surface area contributed by atoms with Gasteiger partial charge in [0.15, 0.2) is 0 Å². The van der Waals surface area contributed by atoms with E-state index in [2.05, 4.69) is 11.4 Å². The molecule has 0 bridgehead atoms. The van der Waals surface area contributed by atoms with Crippen molar-refractivity contribution in [1.82, 2.24) is 4.57 Å². The third-order valence-corrected chi connectivity index (χ3v) is 4.84. The zero-order chi connectivity index (χ0) is 18.8. The van der Waals surface area contributed by atoms with Gasteiger partial charge in [0.25, 0.3) is 0 Å². The van der Waals surface area contributed by atoms with Gasteiger partial charge in [-0.05, 0) is 48.5 Å². The van der Waals surface area contributed by atoms with Gasteiger partial charge in [0.2, 0.25) is 0 Å². The molecule has 0 fully saturated rings. The van der Waals surface area contributed by atoms with Gasteiger partial charge in [0.05, 0.1) is 5.52 Å². The van der Waals surface area contributed by atoms with E-state index in [-0.39, 0.29) is 5.82 Å². The highest BCUT2D eigenvalue weighted by Gasteiger charge is 2.10. The summed E-state index contributed by atoms with van der Waals surface area (Å²) in [6.07, 6.45) is 0. The molecule has 4 rings (SSSR count). The Morgan fingerprint density at radius 1 is 1.00 bits per heavy atom. The van der Waals surface area contributed by atoms with Crippen molar-refractivity contribution in [3.05, 3.63) is 94.9 Å². The number of aromatic nitrogens is 1. The van der Waals surface area contributed by atoms with E-state index in [1.165, 1.54) is 6.07 Å². The first kappa shape index (κ1) is 17.1. The fourth-order valence-corrected chi connectivity index (χ4v) is 3.37. The van der Waals surface area contributed by atoms with Gasteiger partial charge in [-0.1, -0.05) is 35.9 Å². The van der Waals surface area contributed by atoms with Crippen LogP contribution in [0, 0.1) is 17.1 Å². The average Bonchev–Trinajstić information content (AvgIpc) is 3.07. The molecule has 0 aliphatic heterocycles. The van der Waals surface area contributed by atoms with Crippen molar-refractivity contribution in [3.8, 4) is 11.8 Å². The first-order chi connectivity index (χ1) is 13.2. The predicted octanol–water partition coefficient (Wildman–Crippen LogP) is 5.91. The second kappa shape index (κ2) is 7.14. The lowest BCUT2D eigenvalue weighted by molar-refractivity contribution is 0.613. The zero-order valence-corrected chi connectivity index (χ0v) is 15.0. The minimum atomic E-state index is -0.330. The number of rotatable bonds is 4. The number of nitrogens with one attached hydrogen (secondary N) is 1. The summed E-state index contributed by atoms with van der Waals surface area (Å²) in [5.41, 5.74) is 3.73. The second-order valence-corrected chi connectivity index (χ2v) is 6.54. The number of benzene rings is 3. The molecule has 4 aromatic rings. The summed E-state index contributed by atoms with van der Waals surface area (Å²) in [7, 11) is 0. The summed E-state index contributed by atoms with van der Waals surface area (Å²) in [5, 5.41) is 14.1. The Morgan fingerprint density at radius 2 is 1.78 bits per heavy atom. The molecule has 1 heterocycles. The molecule has 0 saturated carbocycles. The lowest BCUT2D eigenvalue weighted by atomic mass is 10.2. The van der Waals surface area contributed by atoms with Crippen LogP contribution in [0.4, 0.5) is 10.1 Å². The molecule has 1 aromatic heterocycles. The highest BCUT2D eigenvalue weighted by atomic mass is 35.5. The van der Waals surface area contributed by atoms with Crippen molar-refractivity contribution in [2.45, 2.75) is 6.54 Å². The number of hydrogen-bond donors (Lipinski definition) is 1. The molecule has 0 spiro atoms. The predicted molar refractivity (Wildman–Crippen MR) is 107 cm³/mol. The molecule has 5 heteroatoms. The Labute approximate surface area is 161 Å². The van der Waals surface area contributed by atoms with Gasteiger partial charge < -0.3 is 9.88 Å². The molecule has 3 aromatic carbocycles. The second-order valence-electron chi connectivity index (χ2n) is 6.14. The molecule has 27 heavy (non-hydrogen) atoms. The van der Waals surface area contributed by atoms with Gasteiger partial charge in [-0.2, -0.15) is 5.26 Å². The summed E-state index contributed by atoms with van der Waals surface area (Å²) in [5.74, 6) is -0.330. The maximum absolute atomic E-state index is 13.9. The fraction of sp³-hybridized carbons (Fsp3) is 0.0455. The van der Waals surface area contributed by atoms with Crippen molar-refractivity contribution < 1.29 is 4.39 Å². The number of para-hydroxylation sites is 1. The first-order valence-corrected chi connectivity index (χ1v) is 8.83. The molecular weight excluding hydrogens is 361 g/mol. The molecule has 0 atom stereocenters. The maximum Gasteiger partial charge on any atom is 0.129 e. The summed E-state index contributed by atoms with van der Waals surface area (Å²) in [6, 6.07) is 24.3. The third kappa shape index (κ3) is 3.25. The third-order valence-electron chi connectivity index (χ3n) is 4.48. The Hall–Kier alpha value is -3.29. The van der Waals surface area contributed by atoms with Crippen molar-refractivity contribution in [2.24, 2.45) is 0 Å². The number of fused-ring (bicyclic) bond motifs is 1. The largest absolute Gasteiger partial charge is 0.381 e. The molecule has 1 N–H and O–H groups in total. The molecule has 132 valence electrons. The van der Waals surface area contributed by atoms with Crippen LogP contribution in [0.5, 0.6) is 0 Å². The van der Waals surface area contributed by atoms with Gasteiger partial charge in [0, 0.05) is 33.9 Å². The Kier molecular flexibility index (Phi) is 4.53. The smallest absolute Gasteiger partial charge is 0.129 e. The van der Waals surface area contributed by atoms with Crippen LogP contribution in [0.25, 0.3) is 16.6 Å². The summed E-state index contributed by atoms with van der Waals surface area (Å²) in [6.45, 7) is 0.292. The summed E-state index contributed by atoms with van der Waals surface area (Å²) >= 11 is 6.06. The Bertz CT molecular complexity index is 1140. The van der Waals surface area contributed by atoms with Crippen LogP contribution >= 0.6 is 11.6 Å². The Balaban J connectivity index is 1.61. The van der Waals surface area contributed by atoms with Crippen LogP contribution in [-0.4, -0.2) is 4.57 Å². The number of hydrogen-bond acceptors (Lipinski definition) is 2. The molecule has 3 nitrogen and oxygen atoms in total. The van der Waals surface area contributed by atoms with Crippen LogP contribution in [-0.2, 0) is 6.54 Å². The topological polar surface area (TPSA) is 40.8 Å². The van der Waals surface area contributed by atoms with Crippen LogP contribution < -0.4 is 5.32 Å². The van der Waals surface area contributed by atoms with Crippen molar-refractivity contribution in [1.29, 1.82) is 5.26 Å². The lowest BCUT2D eigenvalue weighted by Gasteiger charge is -2.11. The average molecular weight is 376 g/mol. The number of nitrogens with zero attached hydrogens (tertiary/aromatic N) is 2. The maximum atomic E-state index is 13.9. The molecule has 0 radical (unpaired) electrons. The number of halogens is 2. The van der Waals surface area contributed by atoms with Gasteiger partial charge in [-0.25, -0.2) is 4.39 Å². The fourth-order valence-electron chi connectivity index (χ4n) is 3.14. The minimum absolute atomic E-state index is 0.292. The van der Waals surface area contributed by atoms with Crippen LogP contribution in [0.3, 0.4) is 0 Å². The van der Waals surface area contributed by atoms with Crippen LogP contribution in [0.2, 0.25) is 5.02 Å². The Morgan fingerprint density at radius 3 is 2.52 bits per heavy atom. The van der Waals surface area contributed by atoms with E-state index in [4.69, 9.17) is 11.6 Å². The monoisotopic (exact) mass is 375 g/mol. The normalized spacial score (nSPS) is 10.7. The highest BCUT2D eigenvalue weighted by molar-refractivity contribution is 6.31. The molecular formula is C22H15ClFN3. The molecule has 0 amide bonds. The highest BCUT2D eigenvalue weighted by Crippen LogP contribution is 2.25. The summed E-state index contributed by atoms with van der Waals surface area (Å²) in [4.78, 5) is 0. The minimum Gasteiger partial charge on any atom is -0.381 e. The molecule has 0 aliphatic rings. The quantitative estimate of drug-likeness (QED) is 0.482. The number of nitriles is 1. The van der Waals surface area contributed by atoms with E-state index in [0.717, 1.165) is 22.3 Å². The van der Waals surface area contributed by atoms with Gasteiger partial charge in [-0.15, -0.1) is 0 Å². The van der Waals surface area contributed by atoms with E-state index in [9.17, 15) is 9.65 Å². The first-order valence-electron chi connectivity index (χ1n) is 8.45. The van der Waals surface area contributed by atoms with Crippen LogP contribution in [0.15, 0.2) is 72.8 Å². The van der Waals surface area contributed by atoms with Gasteiger partial charge in [-0.3, -0.25) is 0 Å². The standard InChI is InChI=1S/C22H15ClFN3/c23-20-5-3-6-21(24)19(20)14-26-16-8-10-17(11-9-16)27-18(13-25)12-15-4-1-2-7-22(15)27/h1-12,26H,14H2. The summed E-state index contributed by atoms with van der Waals surface area (Å²) < 4.78 is 15.8. The SMILES string of the molecule is N#Cc1cc2ccccc2n1-c1ccc(NCc2c(F)cccc2Cl)cc1. The van der Waals surface area contributed by atoms with Crippen molar-refractivity contribution in [3.63, 3.8) is 0 Å². The van der Waals surface area contributed by atoms with Gasteiger partial charge in [0.1, 0.15) is 17.6 Å². The van der Waals surface area contributed by atoms with E-state index < -0.39 is 0 Å². The van der Waals surface area contributed by atoms with E-state index in [0.29, 0.717) is 22.8 Å². The molecule has 0 aliphatic carbocycles. The van der Waals surface area contributed by atoms with E-state index >= 15 is 0 Å². The van der Waals surface area contributed by atoms with Crippen molar-refractivity contribution >= 4 is 28.2 Å². The lowest BCUT2D eigenvalue weighted by Crippen LogP contribution is -2.03. The van der Waals surface area contributed by atoms with Crippen molar-refractivity contribution in [2.75, 3.05) is 5.32 Å². The molecule has 0 unspecified atom stereocenters. The van der Waals surface area contributed by atoms with E-state index in [1.54, 1.807) is 12.1 Å². The molecule has 0 saturated heterocycles.